The molecule has 0 unspecified atom stereocenters. The summed E-state index contributed by atoms with van der Waals surface area (Å²) < 4.78 is 30.4. The highest BCUT2D eigenvalue weighted by Crippen LogP contribution is 2.16. The third-order valence-corrected chi connectivity index (χ3v) is 5.49. The molecule has 0 aliphatic rings. The average molecular weight is 391 g/mol. The molecule has 9 heteroatoms. The summed E-state index contributed by atoms with van der Waals surface area (Å²) in [6.45, 7) is 1.60. The molecule has 0 spiro atoms. The number of rotatable bonds is 6. The number of hydrazine groups is 1. The van der Waals surface area contributed by atoms with Crippen molar-refractivity contribution in [3.8, 4) is 5.75 Å². The molecule has 0 radical (unpaired) electrons. The number of nitrogens with zero attached hydrogens (tertiary/aromatic N) is 1. The number of benzene rings is 2. The molecule has 8 nitrogen and oxygen atoms in total. The van der Waals surface area contributed by atoms with Crippen molar-refractivity contribution in [2.45, 2.75) is 11.8 Å². The highest BCUT2D eigenvalue weighted by molar-refractivity contribution is 7.89. The van der Waals surface area contributed by atoms with Crippen LogP contribution in [0.1, 0.15) is 15.9 Å². The quantitative estimate of drug-likeness (QED) is 0.717. The number of carbonyl (C=O) groups excluding carboxylic acids is 2. The zero-order valence-electron chi connectivity index (χ0n) is 15.2. The molecule has 2 N–H and O–H groups in total. The van der Waals surface area contributed by atoms with Gasteiger partial charge in [0.1, 0.15) is 5.75 Å². The molecule has 2 amide bonds. The van der Waals surface area contributed by atoms with Crippen molar-refractivity contribution in [2.75, 3.05) is 20.7 Å². The number of hydrogen-bond acceptors (Lipinski definition) is 5. The third-order valence-electron chi connectivity index (χ3n) is 3.66. The van der Waals surface area contributed by atoms with E-state index in [0.29, 0.717) is 5.75 Å². The number of ether oxygens (including phenoxy) is 1. The van der Waals surface area contributed by atoms with Gasteiger partial charge >= 0.3 is 0 Å². The van der Waals surface area contributed by atoms with Crippen LogP contribution in [0.25, 0.3) is 0 Å². The minimum atomic E-state index is -3.57. The van der Waals surface area contributed by atoms with Crippen LogP contribution in [0.3, 0.4) is 0 Å². The summed E-state index contributed by atoms with van der Waals surface area (Å²) in [5, 5.41) is 0. The van der Waals surface area contributed by atoms with Gasteiger partial charge in [-0.15, -0.1) is 0 Å². The predicted molar refractivity (Wildman–Crippen MR) is 99.6 cm³/mol. The third kappa shape index (κ3) is 5.28. The molecule has 0 saturated carbocycles. The normalized spacial score (nSPS) is 11.1. The Morgan fingerprint density at radius 2 is 1.63 bits per heavy atom. The van der Waals surface area contributed by atoms with Crippen molar-refractivity contribution in [1.29, 1.82) is 0 Å². The van der Waals surface area contributed by atoms with Crippen molar-refractivity contribution >= 4 is 21.8 Å². The first-order valence-corrected chi connectivity index (χ1v) is 9.46. The van der Waals surface area contributed by atoms with Crippen molar-refractivity contribution in [3.05, 3.63) is 59.7 Å². The predicted octanol–water partition coefficient (Wildman–Crippen LogP) is 1.09. The zero-order valence-corrected chi connectivity index (χ0v) is 16.0. The first-order chi connectivity index (χ1) is 12.7. The van der Waals surface area contributed by atoms with E-state index < -0.39 is 21.8 Å². The average Bonchev–Trinajstić information content (AvgIpc) is 2.65. The monoisotopic (exact) mass is 391 g/mol. The molecule has 0 heterocycles. The Morgan fingerprint density at radius 3 is 2.22 bits per heavy atom. The number of sulfonamides is 1. The molecular weight excluding hydrogens is 370 g/mol. The van der Waals surface area contributed by atoms with Gasteiger partial charge in [-0.05, 0) is 42.8 Å². The van der Waals surface area contributed by atoms with Gasteiger partial charge in [0, 0.05) is 19.7 Å². The number of amides is 2. The van der Waals surface area contributed by atoms with Crippen molar-refractivity contribution in [3.63, 3.8) is 0 Å². The van der Waals surface area contributed by atoms with Crippen LogP contribution in [0.4, 0.5) is 0 Å². The fraction of sp³-hybridized carbons (Fsp3) is 0.222. The molecule has 2 rings (SSSR count). The maximum Gasteiger partial charge on any atom is 0.276 e. The molecule has 0 aliphatic carbocycles. The van der Waals surface area contributed by atoms with Gasteiger partial charge in [-0.2, -0.15) is 0 Å². The molecule has 2 aromatic rings. The second-order valence-corrected chi connectivity index (χ2v) is 8.02. The smallest absolute Gasteiger partial charge is 0.276 e. The first-order valence-electron chi connectivity index (χ1n) is 8.02. The Bertz CT molecular complexity index is 924. The van der Waals surface area contributed by atoms with Crippen molar-refractivity contribution in [1.82, 2.24) is 15.2 Å². The van der Waals surface area contributed by atoms with Gasteiger partial charge in [0.25, 0.3) is 11.8 Å². The van der Waals surface area contributed by atoms with Gasteiger partial charge in [0.2, 0.25) is 10.0 Å². The van der Waals surface area contributed by atoms with E-state index in [1.165, 1.54) is 38.4 Å². The lowest BCUT2D eigenvalue weighted by molar-refractivity contribution is -0.123. The number of nitrogens with one attached hydrogen (secondary N) is 2. The van der Waals surface area contributed by atoms with E-state index in [9.17, 15) is 18.0 Å². The molecule has 2 aromatic carbocycles. The molecule has 0 aliphatic heterocycles. The van der Waals surface area contributed by atoms with Gasteiger partial charge in [-0.25, -0.2) is 12.7 Å². The summed E-state index contributed by atoms with van der Waals surface area (Å²) in [4.78, 5) is 23.9. The Balaban J connectivity index is 1.88. The number of para-hydroxylation sites is 1. The maximum atomic E-state index is 12.0. The van der Waals surface area contributed by atoms with Gasteiger partial charge < -0.3 is 4.74 Å². The lowest BCUT2D eigenvalue weighted by Crippen LogP contribution is -2.43. The summed E-state index contributed by atoms with van der Waals surface area (Å²) in [6, 6.07) is 12.6. The molecule has 27 heavy (non-hydrogen) atoms. The summed E-state index contributed by atoms with van der Waals surface area (Å²) in [5.41, 5.74) is 5.59. The second kappa shape index (κ2) is 8.65. The van der Waals surface area contributed by atoms with E-state index in [1.54, 1.807) is 12.1 Å². The van der Waals surface area contributed by atoms with Crippen LogP contribution in [0.5, 0.6) is 5.75 Å². The second-order valence-electron chi connectivity index (χ2n) is 5.87. The molecule has 0 aromatic heterocycles. The van der Waals surface area contributed by atoms with E-state index >= 15 is 0 Å². The topological polar surface area (TPSA) is 105 Å². The van der Waals surface area contributed by atoms with Gasteiger partial charge in [-0.1, -0.05) is 18.2 Å². The molecule has 0 atom stereocenters. The van der Waals surface area contributed by atoms with Crippen LogP contribution < -0.4 is 15.6 Å². The zero-order chi connectivity index (χ0) is 20.0. The van der Waals surface area contributed by atoms with Crippen molar-refractivity contribution in [2.24, 2.45) is 0 Å². The summed E-state index contributed by atoms with van der Waals surface area (Å²) >= 11 is 0. The largest absolute Gasteiger partial charge is 0.483 e. The standard InChI is InChI=1S/C18H21N3O5S/c1-13-6-4-5-7-16(13)26-12-17(22)19-20-18(23)14-8-10-15(11-9-14)27(24,25)21(2)3/h4-11H,12H2,1-3H3,(H,19,22)(H,20,23). The maximum absolute atomic E-state index is 12.0. The highest BCUT2D eigenvalue weighted by Gasteiger charge is 2.17. The Kier molecular flexibility index (Phi) is 6.54. The summed E-state index contributed by atoms with van der Waals surface area (Å²) in [5.74, 6) is -0.525. The van der Waals surface area contributed by atoms with Crippen LogP contribution >= 0.6 is 0 Å². The summed E-state index contributed by atoms with van der Waals surface area (Å²) in [7, 11) is -0.725. The van der Waals surface area contributed by atoms with E-state index in [1.807, 2.05) is 19.1 Å². The van der Waals surface area contributed by atoms with Gasteiger partial charge in [-0.3, -0.25) is 20.4 Å². The van der Waals surface area contributed by atoms with Crippen LogP contribution in [-0.2, 0) is 14.8 Å². The van der Waals surface area contributed by atoms with Gasteiger partial charge in [0.15, 0.2) is 6.61 Å². The number of carbonyl (C=O) groups is 2. The van der Waals surface area contributed by atoms with E-state index in [4.69, 9.17) is 4.74 Å². The fourth-order valence-electron chi connectivity index (χ4n) is 2.09. The summed E-state index contributed by atoms with van der Waals surface area (Å²) in [6.07, 6.45) is 0. The highest BCUT2D eigenvalue weighted by atomic mass is 32.2. The Hall–Kier alpha value is -2.91. The number of hydrogen-bond donors (Lipinski definition) is 2. The lowest BCUT2D eigenvalue weighted by atomic mass is 10.2. The van der Waals surface area contributed by atoms with Crippen LogP contribution in [0, 0.1) is 6.92 Å². The molecule has 0 fully saturated rings. The van der Waals surface area contributed by atoms with Crippen molar-refractivity contribution < 1.29 is 22.7 Å². The Morgan fingerprint density at radius 1 is 1.00 bits per heavy atom. The van der Waals surface area contributed by atoms with Crippen LogP contribution in [0.2, 0.25) is 0 Å². The molecule has 0 bridgehead atoms. The lowest BCUT2D eigenvalue weighted by Gasteiger charge is -2.12. The van der Waals surface area contributed by atoms with E-state index in [-0.39, 0.29) is 17.1 Å². The van der Waals surface area contributed by atoms with E-state index in [2.05, 4.69) is 10.9 Å². The minimum Gasteiger partial charge on any atom is -0.483 e. The van der Waals surface area contributed by atoms with E-state index in [0.717, 1.165) is 9.87 Å². The van der Waals surface area contributed by atoms with Gasteiger partial charge in [0.05, 0.1) is 4.90 Å². The Labute approximate surface area is 158 Å². The van der Waals surface area contributed by atoms with Crippen LogP contribution in [0.15, 0.2) is 53.4 Å². The first kappa shape index (κ1) is 20.4. The fourth-order valence-corrected chi connectivity index (χ4v) is 2.99. The minimum absolute atomic E-state index is 0.0692. The molecule has 144 valence electrons. The number of aryl methyl sites for hydroxylation is 1. The molecular formula is C18H21N3O5S. The van der Waals surface area contributed by atoms with Crippen LogP contribution in [-0.4, -0.2) is 45.2 Å². The SMILES string of the molecule is Cc1ccccc1OCC(=O)NNC(=O)c1ccc(S(=O)(=O)N(C)C)cc1. The molecule has 0 saturated heterocycles.